The van der Waals surface area contributed by atoms with Gasteiger partial charge in [0.05, 0.1) is 17.5 Å². The van der Waals surface area contributed by atoms with Crippen LogP contribution in [0.1, 0.15) is 18.4 Å². The average Bonchev–Trinajstić information content (AvgIpc) is 2.79. The minimum absolute atomic E-state index is 0.149. The molecule has 0 N–H and O–H groups in total. The summed E-state index contributed by atoms with van der Waals surface area (Å²) in [5.74, 6) is 1.47. The van der Waals surface area contributed by atoms with Crippen LogP contribution in [0.15, 0.2) is 36.7 Å². The van der Waals surface area contributed by atoms with E-state index in [4.69, 9.17) is 21.1 Å². The molecule has 0 aliphatic carbocycles. The van der Waals surface area contributed by atoms with E-state index in [-0.39, 0.29) is 5.91 Å². The Balaban J connectivity index is 1.55. The van der Waals surface area contributed by atoms with Gasteiger partial charge < -0.3 is 19.3 Å². The van der Waals surface area contributed by atoms with Crippen LogP contribution in [0.5, 0.6) is 5.75 Å². The Hall–Kier alpha value is -2.38. The molecule has 1 aromatic carbocycles. The third-order valence-electron chi connectivity index (χ3n) is 5.86. The lowest BCUT2D eigenvalue weighted by Gasteiger charge is -2.43. The fraction of sp³-hybridized carbons (Fsp3) is 0.476. The molecule has 2 aromatic rings. The maximum atomic E-state index is 13.7. The van der Waals surface area contributed by atoms with Crippen LogP contribution in [-0.4, -0.2) is 67.3 Å². The van der Waals surface area contributed by atoms with Crippen molar-refractivity contribution < 1.29 is 14.3 Å². The van der Waals surface area contributed by atoms with Gasteiger partial charge in [-0.2, -0.15) is 0 Å². The van der Waals surface area contributed by atoms with E-state index in [0.717, 1.165) is 5.56 Å². The Morgan fingerprint density at radius 3 is 2.45 bits per heavy atom. The first kappa shape index (κ1) is 19.9. The van der Waals surface area contributed by atoms with Gasteiger partial charge in [-0.3, -0.25) is 4.79 Å². The molecule has 0 spiro atoms. The zero-order chi connectivity index (χ0) is 20.3. The second-order valence-corrected chi connectivity index (χ2v) is 7.78. The van der Waals surface area contributed by atoms with Crippen molar-refractivity contribution in [1.29, 1.82) is 0 Å². The van der Waals surface area contributed by atoms with Crippen LogP contribution in [0.4, 0.5) is 5.95 Å². The number of anilines is 1. The number of methoxy groups -OCH3 is 1. The van der Waals surface area contributed by atoms with E-state index >= 15 is 0 Å². The maximum absolute atomic E-state index is 13.7. The summed E-state index contributed by atoms with van der Waals surface area (Å²) in [6.07, 6.45) is 4.78. The quantitative estimate of drug-likeness (QED) is 0.763. The monoisotopic (exact) mass is 416 g/mol. The zero-order valence-electron chi connectivity index (χ0n) is 16.5. The number of carbonyl (C=O) groups excluding carboxylic acids is 1. The van der Waals surface area contributed by atoms with Crippen LogP contribution >= 0.6 is 11.6 Å². The van der Waals surface area contributed by atoms with Crippen molar-refractivity contribution in [3.8, 4) is 5.75 Å². The lowest BCUT2D eigenvalue weighted by Crippen LogP contribution is -2.56. The summed E-state index contributed by atoms with van der Waals surface area (Å²) in [6, 6.07) is 7.48. The van der Waals surface area contributed by atoms with E-state index in [1.54, 1.807) is 25.6 Å². The van der Waals surface area contributed by atoms with Gasteiger partial charge >= 0.3 is 0 Å². The van der Waals surface area contributed by atoms with Crippen LogP contribution in [0.25, 0.3) is 0 Å². The number of aromatic nitrogens is 2. The Kier molecular flexibility index (Phi) is 5.87. The minimum Gasteiger partial charge on any atom is -0.495 e. The fourth-order valence-corrected chi connectivity index (χ4v) is 4.43. The fourth-order valence-electron chi connectivity index (χ4n) is 4.18. The summed E-state index contributed by atoms with van der Waals surface area (Å²) >= 11 is 6.39. The first-order valence-electron chi connectivity index (χ1n) is 9.87. The van der Waals surface area contributed by atoms with Crippen molar-refractivity contribution in [3.05, 3.63) is 47.2 Å². The first-order valence-corrected chi connectivity index (χ1v) is 10.2. The lowest BCUT2D eigenvalue weighted by molar-refractivity contribution is -0.141. The summed E-state index contributed by atoms with van der Waals surface area (Å²) < 4.78 is 10.9. The molecule has 1 aromatic heterocycles. The number of piperazine rings is 1. The number of rotatable bonds is 4. The number of benzene rings is 1. The first-order chi connectivity index (χ1) is 14.1. The topological polar surface area (TPSA) is 67.8 Å². The highest BCUT2D eigenvalue weighted by Crippen LogP contribution is 2.40. The van der Waals surface area contributed by atoms with E-state index in [2.05, 4.69) is 14.9 Å². The predicted octanol–water partition coefficient (Wildman–Crippen LogP) is 2.54. The molecule has 0 atom stereocenters. The van der Waals surface area contributed by atoms with Crippen molar-refractivity contribution >= 4 is 23.5 Å². The molecule has 29 heavy (non-hydrogen) atoms. The van der Waals surface area contributed by atoms with E-state index in [1.165, 1.54) is 0 Å². The number of halogens is 1. The number of amides is 1. The Morgan fingerprint density at radius 2 is 1.83 bits per heavy atom. The normalized spacial score (nSPS) is 19.1. The molecule has 0 bridgehead atoms. The van der Waals surface area contributed by atoms with Crippen LogP contribution < -0.4 is 9.64 Å². The van der Waals surface area contributed by atoms with Gasteiger partial charge in [-0.1, -0.05) is 17.7 Å². The number of hydrogen-bond acceptors (Lipinski definition) is 6. The van der Waals surface area contributed by atoms with Gasteiger partial charge in [-0.15, -0.1) is 0 Å². The highest BCUT2D eigenvalue weighted by Gasteiger charge is 2.45. The smallest absolute Gasteiger partial charge is 0.233 e. The Morgan fingerprint density at radius 1 is 1.14 bits per heavy atom. The molecular weight excluding hydrogens is 392 g/mol. The maximum Gasteiger partial charge on any atom is 0.233 e. The minimum atomic E-state index is -0.612. The average molecular weight is 417 g/mol. The van der Waals surface area contributed by atoms with Gasteiger partial charge in [-0.25, -0.2) is 9.97 Å². The van der Waals surface area contributed by atoms with Gasteiger partial charge in [0, 0.05) is 51.8 Å². The molecule has 0 radical (unpaired) electrons. The second kappa shape index (κ2) is 8.55. The van der Waals surface area contributed by atoms with Crippen molar-refractivity contribution in [1.82, 2.24) is 14.9 Å². The molecular formula is C21H25ClN4O3. The van der Waals surface area contributed by atoms with Crippen LogP contribution in [0.3, 0.4) is 0 Å². The summed E-state index contributed by atoms with van der Waals surface area (Å²) in [6.45, 7) is 3.84. The van der Waals surface area contributed by atoms with Gasteiger partial charge in [0.2, 0.25) is 11.9 Å². The van der Waals surface area contributed by atoms with E-state index < -0.39 is 5.41 Å². The van der Waals surface area contributed by atoms with Gasteiger partial charge in [0.1, 0.15) is 5.75 Å². The van der Waals surface area contributed by atoms with E-state index in [0.29, 0.717) is 69.0 Å². The van der Waals surface area contributed by atoms with Gasteiger partial charge in [0.25, 0.3) is 0 Å². The molecule has 154 valence electrons. The molecule has 0 saturated carbocycles. The molecule has 2 fully saturated rings. The van der Waals surface area contributed by atoms with Crippen molar-refractivity contribution in [2.24, 2.45) is 0 Å². The van der Waals surface area contributed by atoms with Gasteiger partial charge in [0.15, 0.2) is 0 Å². The summed E-state index contributed by atoms with van der Waals surface area (Å²) in [5.41, 5.74) is 0.324. The summed E-state index contributed by atoms with van der Waals surface area (Å²) in [7, 11) is 1.59. The highest BCUT2D eigenvalue weighted by molar-refractivity contribution is 6.32. The Labute approximate surface area is 175 Å². The second-order valence-electron chi connectivity index (χ2n) is 7.37. The standard InChI is InChI=1S/C21H25ClN4O3/c1-28-18-4-3-16(15-17(18)22)21(5-13-29-14-6-21)19(27)25-9-11-26(12-10-25)20-23-7-2-8-24-20/h2-4,7-8,15H,5-6,9-14H2,1H3. The largest absolute Gasteiger partial charge is 0.495 e. The summed E-state index contributed by atoms with van der Waals surface area (Å²) in [5, 5.41) is 0.523. The Bertz CT molecular complexity index is 850. The van der Waals surface area contributed by atoms with Crippen LogP contribution in [0, 0.1) is 0 Å². The zero-order valence-corrected chi connectivity index (χ0v) is 17.3. The summed E-state index contributed by atoms with van der Waals surface area (Å²) in [4.78, 5) is 26.4. The molecule has 2 aliphatic heterocycles. The molecule has 2 saturated heterocycles. The molecule has 0 unspecified atom stereocenters. The molecule has 4 rings (SSSR count). The van der Waals surface area contributed by atoms with E-state index in [1.807, 2.05) is 23.1 Å². The van der Waals surface area contributed by atoms with Gasteiger partial charge in [-0.05, 0) is 36.6 Å². The third-order valence-corrected chi connectivity index (χ3v) is 6.16. The van der Waals surface area contributed by atoms with Crippen molar-refractivity contribution in [3.63, 3.8) is 0 Å². The molecule has 1 amide bonds. The van der Waals surface area contributed by atoms with Crippen LogP contribution in [0.2, 0.25) is 5.02 Å². The third kappa shape index (κ3) is 3.89. The van der Waals surface area contributed by atoms with Crippen molar-refractivity contribution in [2.75, 3.05) is 51.4 Å². The van der Waals surface area contributed by atoms with Crippen molar-refractivity contribution in [2.45, 2.75) is 18.3 Å². The highest BCUT2D eigenvalue weighted by atomic mass is 35.5. The van der Waals surface area contributed by atoms with E-state index in [9.17, 15) is 4.79 Å². The lowest BCUT2D eigenvalue weighted by atomic mass is 9.73. The van der Waals surface area contributed by atoms with Crippen LogP contribution in [-0.2, 0) is 14.9 Å². The number of carbonyl (C=O) groups is 1. The molecule has 2 aliphatic rings. The molecule has 3 heterocycles. The number of ether oxygens (including phenoxy) is 2. The molecule has 8 heteroatoms. The SMILES string of the molecule is COc1ccc(C2(C(=O)N3CCN(c4ncccn4)CC3)CCOCC2)cc1Cl. The molecule has 7 nitrogen and oxygen atoms in total. The predicted molar refractivity (Wildman–Crippen MR) is 111 cm³/mol. The number of nitrogens with zero attached hydrogens (tertiary/aromatic N) is 4. The number of hydrogen-bond donors (Lipinski definition) is 0.